The lowest BCUT2D eigenvalue weighted by Gasteiger charge is -2.16. The van der Waals surface area contributed by atoms with Gasteiger partial charge in [0.15, 0.2) is 0 Å². The Hall–Kier alpha value is -0.310. The van der Waals surface area contributed by atoms with E-state index in [0.717, 1.165) is 18.7 Å². The second kappa shape index (κ2) is 5.85. The number of halogens is 2. The first-order chi connectivity index (χ1) is 7.75. The van der Waals surface area contributed by atoms with Gasteiger partial charge >= 0.3 is 0 Å². The average molecular weight is 259 g/mol. The van der Waals surface area contributed by atoms with Gasteiger partial charge in [-0.15, -0.1) is 11.6 Å². The molecule has 1 aliphatic heterocycles. The van der Waals surface area contributed by atoms with E-state index in [-0.39, 0.29) is 5.38 Å². The van der Waals surface area contributed by atoms with Crippen LogP contribution in [0.2, 0.25) is 5.02 Å². The molecule has 1 aromatic rings. The molecule has 1 aliphatic rings. The van der Waals surface area contributed by atoms with Crippen LogP contribution in [0.4, 0.5) is 0 Å². The van der Waals surface area contributed by atoms with Crippen molar-refractivity contribution in [3.05, 3.63) is 29.0 Å². The molecule has 88 valence electrons. The molecule has 2 nitrogen and oxygen atoms in total. The van der Waals surface area contributed by atoms with Crippen molar-refractivity contribution < 1.29 is 0 Å². The Morgan fingerprint density at radius 3 is 2.81 bits per heavy atom. The number of aromatic nitrogens is 1. The third-order valence-corrected chi connectivity index (χ3v) is 3.64. The Morgan fingerprint density at radius 2 is 2.12 bits per heavy atom. The van der Waals surface area contributed by atoms with Crippen LogP contribution in [0.5, 0.6) is 0 Å². The first kappa shape index (κ1) is 12.2. The van der Waals surface area contributed by atoms with Gasteiger partial charge in [-0.2, -0.15) is 0 Å². The lowest BCUT2D eigenvalue weighted by molar-refractivity contribution is 0.331. The van der Waals surface area contributed by atoms with Crippen molar-refractivity contribution >= 4 is 23.2 Å². The molecule has 1 aromatic heterocycles. The van der Waals surface area contributed by atoms with Crippen molar-refractivity contribution in [2.45, 2.75) is 24.6 Å². The summed E-state index contributed by atoms with van der Waals surface area (Å²) in [6.45, 7) is 3.49. The van der Waals surface area contributed by atoms with E-state index in [1.807, 2.05) is 6.07 Å². The van der Waals surface area contributed by atoms with Crippen LogP contribution in [0, 0.1) is 0 Å². The van der Waals surface area contributed by atoms with Gasteiger partial charge in [0.2, 0.25) is 0 Å². The monoisotopic (exact) mass is 258 g/mol. The molecule has 0 bridgehead atoms. The minimum Gasteiger partial charge on any atom is -0.303 e. The van der Waals surface area contributed by atoms with Gasteiger partial charge in [0.05, 0.1) is 11.1 Å². The number of hydrogen-bond acceptors (Lipinski definition) is 2. The Bertz CT molecular complexity index is 338. The standard InChI is InChI=1S/C12H16Cl2N2/c13-10-3-5-15-12(9-10)11(14)4-8-16-6-1-2-7-16/h3,5,9,11H,1-2,4,6-8H2. The highest BCUT2D eigenvalue weighted by Crippen LogP contribution is 2.25. The molecule has 0 spiro atoms. The molecule has 1 saturated heterocycles. The molecule has 0 aromatic carbocycles. The predicted octanol–water partition coefficient (Wildman–Crippen LogP) is 3.50. The molecule has 2 heterocycles. The van der Waals surface area contributed by atoms with Crippen LogP contribution >= 0.6 is 23.2 Å². The normalized spacial score (nSPS) is 18.9. The minimum atomic E-state index is -0.0284. The molecule has 0 amide bonds. The van der Waals surface area contributed by atoms with Crippen molar-refractivity contribution in [1.82, 2.24) is 9.88 Å². The molecule has 0 radical (unpaired) electrons. The molecule has 1 atom stereocenters. The zero-order valence-corrected chi connectivity index (χ0v) is 10.7. The van der Waals surface area contributed by atoms with Gasteiger partial charge in [0.1, 0.15) is 0 Å². The molecule has 0 aliphatic carbocycles. The second-order valence-electron chi connectivity index (χ2n) is 4.20. The van der Waals surface area contributed by atoms with E-state index in [2.05, 4.69) is 9.88 Å². The van der Waals surface area contributed by atoms with Crippen LogP contribution < -0.4 is 0 Å². The summed E-state index contributed by atoms with van der Waals surface area (Å²) in [7, 11) is 0. The largest absolute Gasteiger partial charge is 0.303 e. The van der Waals surface area contributed by atoms with Crippen LogP contribution in [-0.2, 0) is 0 Å². The number of hydrogen-bond donors (Lipinski definition) is 0. The zero-order valence-electron chi connectivity index (χ0n) is 9.20. The fourth-order valence-electron chi connectivity index (χ4n) is 2.04. The first-order valence-electron chi connectivity index (χ1n) is 5.73. The maximum absolute atomic E-state index is 6.31. The van der Waals surface area contributed by atoms with Gasteiger partial charge in [-0.05, 0) is 51.0 Å². The summed E-state index contributed by atoms with van der Waals surface area (Å²) < 4.78 is 0. The van der Waals surface area contributed by atoms with Crippen LogP contribution in [0.25, 0.3) is 0 Å². The smallest absolute Gasteiger partial charge is 0.0770 e. The topological polar surface area (TPSA) is 16.1 Å². The predicted molar refractivity (Wildman–Crippen MR) is 68.1 cm³/mol. The van der Waals surface area contributed by atoms with E-state index >= 15 is 0 Å². The van der Waals surface area contributed by atoms with E-state index in [4.69, 9.17) is 23.2 Å². The van der Waals surface area contributed by atoms with Gasteiger partial charge in [0.25, 0.3) is 0 Å². The van der Waals surface area contributed by atoms with Gasteiger partial charge in [0, 0.05) is 11.2 Å². The number of nitrogens with zero attached hydrogens (tertiary/aromatic N) is 2. The van der Waals surface area contributed by atoms with E-state index in [1.165, 1.54) is 25.9 Å². The summed E-state index contributed by atoms with van der Waals surface area (Å²) in [4.78, 5) is 6.71. The van der Waals surface area contributed by atoms with E-state index in [1.54, 1.807) is 12.3 Å². The summed E-state index contributed by atoms with van der Waals surface area (Å²) in [5.74, 6) is 0. The van der Waals surface area contributed by atoms with Crippen LogP contribution in [0.15, 0.2) is 18.3 Å². The fourth-order valence-corrected chi connectivity index (χ4v) is 2.43. The van der Waals surface area contributed by atoms with Crippen molar-refractivity contribution in [3.63, 3.8) is 0 Å². The number of rotatable bonds is 4. The highest BCUT2D eigenvalue weighted by molar-refractivity contribution is 6.30. The van der Waals surface area contributed by atoms with Gasteiger partial charge in [-0.1, -0.05) is 11.6 Å². The summed E-state index contributed by atoms with van der Waals surface area (Å²) in [5.41, 5.74) is 0.883. The second-order valence-corrected chi connectivity index (χ2v) is 5.17. The van der Waals surface area contributed by atoms with Gasteiger partial charge in [-0.25, -0.2) is 0 Å². The molecule has 1 fully saturated rings. The zero-order chi connectivity index (χ0) is 11.4. The summed E-state index contributed by atoms with van der Waals surface area (Å²) in [6.07, 6.45) is 5.29. The summed E-state index contributed by atoms with van der Waals surface area (Å²) >= 11 is 12.2. The Morgan fingerprint density at radius 1 is 1.38 bits per heavy atom. The Kier molecular flexibility index (Phi) is 4.45. The number of alkyl halides is 1. The number of pyridine rings is 1. The lowest BCUT2D eigenvalue weighted by Crippen LogP contribution is -2.21. The van der Waals surface area contributed by atoms with E-state index in [9.17, 15) is 0 Å². The maximum atomic E-state index is 6.31. The molecule has 16 heavy (non-hydrogen) atoms. The molecular formula is C12H16Cl2N2. The molecule has 4 heteroatoms. The molecule has 0 N–H and O–H groups in total. The lowest BCUT2D eigenvalue weighted by atomic mass is 10.2. The molecule has 1 unspecified atom stereocenters. The minimum absolute atomic E-state index is 0.0284. The van der Waals surface area contributed by atoms with Crippen molar-refractivity contribution in [2.24, 2.45) is 0 Å². The highest BCUT2D eigenvalue weighted by Gasteiger charge is 2.15. The maximum Gasteiger partial charge on any atom is 0.0770 e. The van der Waals surface area contributed by atoms with Crippen LogP contribution in [0.3, 0.4) is 0 Å². The molecular weight excluding hydrogens is 243 g/mol. The van der Waals surface area contributed by atoms with Crippen LogP contribution in [-0.4, -0.2) is 29.5 Å². The quantitative estimate of drug-likeness (QED) is 0.769. The molecule has 0 saturated carbocycles. The molecule has 2 rings (SSSR count). The van der Waals surface area contributed by atoms with E-state index in [0.29, 0.717) is 5.02 Å². The third-order valence-electron chi connectivity index (χ3n) is 2.96. The van der Waals surface area contributed by atoms with E-state index < -0.39 is 0 Å². The van der Waals surface area contributed by atoms with Crippen LogP contribution in [0.1, 0.15) is 30.3 Å². The number of likely N-dealkylation sites (tertiary alicyclic amines) is 1. The van der Waals surface area contributed by atoms with Gasteiger partial charge < -0.3 is 4.90 Å². The summed E-state index contributed by atoms with van der Waals surface area (Å²) in [6, 6.07) is 3.62. The van der Waals surface area contributed by atoms with Gasteiger partial charge in [-0.3, -0.25) is 4.98 Å². The fraction of sp³-hybridized carbons (Fsp3) is 0.583. The Balaban J connectivity index is 1.85. The highest BCUT2D eigenvalue weighted by atomic mass is 35.5. The van der Waals surface area contributed by atoms with Crippen molar-refractivity contribution in [3.8, 4) is 0 Å². The Labute approximate surface area is 107 Å². The first-order valence-corrected chi connectivity index (χ1v) is 6.55. The van der Waals surface area contributed by atoms with Crippen molar-refractivity contribution in [2.75, 3.05) is 19.6 Å². The van der Waals surface area contributed by atoms with Crippen molar-refractivity contribution in [1.29, 1.82) is 0 Å². The summed E-state index contributed by atoms with van der Waals surface area (Å²) in [5, 5.41) is 0.677. The third kappa shape index (κ3) is 3.34. The average Bonchev–Trinajstić information content (AvgIpc) is 2.78. The SMILES string of the molecule is Clc1ccnc(C(Cl)CCN2CCCC2)c1.